The fraction of sp³-hybridized carbons (Fsp3) is 0.625. The quantitative estimate of drug-likeness (QED) is 0.577. The number of hydrogen-bond donors (Lipinski definition) is 0. The molecule has 2 aliphatic rings. The van der Waals surface area contributed by atoms with Gasteiger partial charge >= 0.3 is 6.18 Å². The van der Waals surface area contributed by atoms with Crippen LogP contribution in [0.25, 0.3) is 0 Å². The third kappa shape index (κ3) is 3.14. The summed E-state index contributed by atoms with van der Waals surface area (Å²) < 4.78 is 38.8. The van der Waals surface area contributed by atoms with Gasteiger partial charge in [0, 0.05) is 23.6 Å². The van der Waals surface area contributed by atoms with E-state index in [2.05, 4.69) is 0 Å². The van der Waals surface area contributed by atoms with E-state index in [1.165, 1.54) is 6.07 Å². The molecule has 0 amide bonds. The minimum absolute atomic E-state index is 0.0768. The highest BCUT2D eigenvalue weighted by molar-refractivity contribution is 5.59. The van der Waals surface area contributed by atoms with Gasteiger partial charge in [0.1, 0.15) is 0 Å². The standard InChI is InChI=1S/C16H19F3N2O2/c17-16(18,19)12-6-7-13-11(9-12)10-15(21(22)23)14-5-3-1-2-4-8-20(13)14/h6-7,9,14-15H,1-5,8,10H2. The molecular formula is C16H19F3N2O2. The third-order valence-electron chi connectivity index (χ3n) is 4.91. The lowest BCUT2D eigenvalue weighted by Crippen LogP contribution is -2.52. The number of hydrogen-bond acceptors (Lipinski definition) is 3. The van der Waals surface area contributed by atoms with E-state index in [9.17, 15) is 23.3 Å². The van der Waals surface area contributed by atoms with Crippen molar-refractivity contribution in [1.82, 2.24) is 0 Å². The Morgan fingerprint density at radius 1 is 1.17 bits per heavy atom. The second-order valence-corrected chi connectivity index (χ2v) is 6.36. The van der Waals surface area contributed by atoms with Gasteiger partial charge in [-0.15, -0.1) is 0 Å². The first-order valence-corrected chi connectivity index (χ1v) is 7.98. The number of alkyl halides is 3. The molecule has 1 aromatic carbocycles. The summed E-state index contributed by atoms with van der Waals surface area (Å²) >= 11 is 0. The molecule has 2 atom stereocenters. The number of benzene rings is 1. The lowest BCUT2D eigenvalue weighted by molar-refractivity contribution is -0.526. The molecule has 2 aliphatic heterocycles. The lowest BCUT2D eigenvalue weighted by atomic mass is 9.86. The summed E-state index contributed by atoms with van der Waals surface area (Å²) in [7, 11) is 0. The topological polar surface area (TPSA) is 46.4 Å². The summed E-state index contributed by atoms with van der Waals surface area (Å²) in [5.41, 5.74) is 0.449. The summed E-state index contributed by atoms with van der Waals surface area (Å²) in [6.45, 7) is 0.674. The van der Waals surface area contributed by atoms with Gasteiger partial charge in [-0.3, -0.25) is 10.1 Å². The monoisotopic (exact) mass is 328 g/mol. The predicted molar refractivity (Wildman–Crippen MR) is 80.1 cm³/mol. The highest BCUT2D eigenvalue weighted by Gasteiger charge is 2.42. The zero-order chi connectivity index (χ0) is 16.6. The van der Waals surface area contributed by atoms with Crippen molar-refractivity contribution < 1.29 is 18.1 Å². The second-order valence-electron chi connectivity index (χ2n) is 6.36. The number of rotatable bonds is 1. The number of halogens is 3. The Balaban J connectivity index is 2.02. The third-order valence-corrected chi connectivity index (χ3v) is 4.91. The van der Waals surface area contributed by atoms with Crippen LogP contribution in [0.5, 0.6) is 0 Å². The maximum Gasteiger partial charge on any atom is 0.416 e. The van der Waals surface area contributed by atoms with Crippen LogP contribution in [0.1, 0.15) is 43.2 Å². The molecule has 0 aliphatic carbocycles. The first-order valence-electron chi connectivity index (χ1n) is 7.98. The van der Waals surface area contributed by atoms with Gasteiger partial charge in [-0.05, 0) is 36.6 Å². The number of nitro groups is 1. The largest absolute Gasteiger partial charge is 0.416 e. The average Bonchev–Trinajstić information content (AvgIpc) is 2.45. The molecule has 1 aromatic rings. The van der Waals surface area contributed by atoms with Crippen molar-refractivity contribution in [2.75, 3.05) is 11.4 Å². The fourth-order valence-corrected chi connectivity index (χ4v) is 3.79. The molecule has 126 valence electrons. The molecule has 3 rings (SSSR count). The molecule has 1 saturated heterocycles. The smallest absolute Gasteiger partial charge is 0.361 e. The van der Waals surface area contributed by atoms with Gasteiger partial charge < -0.3 is 4.90 Å². The Hall–Kier alpha value is -1.79. The van der Waals surface area contributed by atoms with E-state index in [-0.39, 0.29) is 17.4 Å². The van der Waals surface area contributed by atoms with Gasteiger partial charge in [-0.25, -0.2) is 0 Å². The summed E-state index contributed by atoms with van der Waals surface area (Å²) in [4.78, 5) is 13.1. The van der Waals surface area contributed by atoms with Gasteiger partial charge in [0.05, 0.1) is 11.6 Å². The first kappa shape index (κ1) is 16.1. The molecular weight excluding hydrogens is 309 g/mol. The SMILES string of the molecule is O=[N+]([O-])C1Cc2cc(C(F)(F)F)ccc2N2CCCCCCC12. The molecule has 0 saturated carbocycles. The van der Waals surface area contributed by atoms with Crippen LogP contribution >= 0.6 is 0 Å². The van der Waals surface area contributed by atoms with Crippen molar-refractivity contribution >= 4 is 5.69 Å². The van der Waals surface area contributed by atoms with E-state index in [0.29, 0.717) is 12.1 Å². The molecule has 2 unspecified atom stereocenters. The van der Waals surface area contributed by atoms with Crippen LogP contribution in [-0.2, 0) is 12.6 Å². The summed E-state index contributed by atoms with van der Waals surface area (Å²) in [5.74, 6) is 0. The van der Waals surface area contributed by atoms with Crippen LogP contribution in [-0.4, -0.2) is 23.6 Å². The van der Waals surface area contributed by atoms with Crippen LogP contribution in [0, 0.1) is 10.1 Å². The van der Waals surface area contributed by atoms with Gasteiger partial charge in [-0.2, -0.15) is 13.2 Å². The normalized spacial score (nSPS) is 25.1. The van der Waals surface area contributed by atoms with Gasteiger partial charge in [0.15, 0.2) is 0 Å². The lowest BCUT2D eigenvalue weighted by Gasteiger charge is -2.41. The van der Waals surface area contributed by atoms with Crippen molar-refractivity contribution in [2.24, 2.45) is 0 Å². The van der Waals surface area contributed by atoms with Crippen molar-refractivity contribution in [3.05, 3.63) is 39.4 Å². The van der Waals surface area contributed by atoms with Crippen molar-refractivity contribution in [2.45, 2.75) is 56.8 Å². The zero-order valence-corrected chi connectivity index (χ0v) is 12.7. The highest BCUT2D eigenvalue weighted by atomic mass is 19.4. The minimum atomic E-state index is -4.42. The van der Waals surface area contributed by atoms with E-state index < -0.39 is 17.8 Å². The molecule has 7 heteroatoms. The fourth-order valence-electron chi connectivity index (χ4n) is 3.79. The number of fused-ring (bicyclic) bond motifs is 3. The average molecular weight is 328 g/mol. The van der Waals surface area contributed by atoms with Crippen LogP contribution in [0.2, 0.25) is 0 Å². The Kier molecular flexibility index (Phi) is 4.21. The molecule has 0 N–H and O–H groups in total. The predicted octanol–water partition coefficient (Wildman–Crippen LogP) is 4.05. The van der Waals surface area contributed by atoms with Gasteiger partial charge in [-0.1, -0.05) is 19.3 Å². The van der Waals surface area contributed by atoms with Gasteiger partial charge in [0.25, 0.3) is 0 Å². The van der Waals surface area contributed by atoms with Crippen LogP contribution in [0.15, 0.2) is 18.2 Å². The Morgan fingerprint density at radius 2 is 1.91 bits per heavy atom. The minimum Gasteiger partial charge on any atom is -0.361 e. The molecule has 4 nitrogen and oxygen atoms in total. The first-order chi connectivity index (χ1) is 10.9. The van der Waals surface area contributed by atoms with E-state index in [1.54, 1.807) is 0 Å². The zero-order valence-electron chi connectivity index (χ0n) is 12.7. The number of nitrogens with zero attached hydrogens (tertiary/aromatic N) is 2. The molecule has 1 fully saturated rings. The summed E-state index contributed by atoms with van der Waals surface area (Å²) in [6.07, 6.45) is 0.353. The maximum atomic E-state index is 12.9. The summed E-state index contributed by atoms with van der Waals surface area (Å²) in [6, 6.07) is 2.61. The van der Waals surface area contributed by atoms with E-state index >= 15 is 0 Å². The molecule has 0 radical (unpaired) electrons. The van der Waals surface area contributed by atoms with E-state index in [4.69, 9.17) is 0 Å². The summed E-state index contributed by atoms with van der Waals surface area (Å²) in [5, 5.41) is 11.5. The van der Waals surface area contributed by atoms with Crippen LogP contribution in [0.4, 0.5) is 18.9 Å². The Bertz CT molecular complexity index is 603. The Labute approximate surface area is 132 Å². The van der Waals surface area contributed by atoms with Crippen LogP contribution < -0.4 is 4.90 Å². The molecule has 2 heterocycles. The molecule has 23 heavy (non-hydrogen) atoms. The Morgan fingerprint density at radius 3 is 2.61 bits per heavy atom. The maximum absolute atomic E-state index is 12.9. The molecule has 0 spiro atoms. The molecule has 0 aromatic heterocycles. The van der Waals surface area contributed by atoms with Crippen molar-refractivity contribution in [3.63, 3.8) is 0 Å². The number of anilines is 1. The van der Waals surface area contributed by atoms with Crippen molar-refractivity contribution in [3.8, 4) is 0 Å². The van der Waals surface area contributed by atoms with E-state index in [1.807, 2.05) is 4.90 Å². The van der Waals surface area contributed by atoms with E-state index in [0.717, 1.165) is 49.9 Å². The van der Waals surface area contributed by atoms with Crippen molar-refractivity contribution in [1.29, 1.82) is 0 Å². The second kappa shape index (κ2) is 6.02. The van der Waals surface area contributed by atoms with Gasteiger partial charge in [0.2, 0.25) is 6.04 Å². The highest BCUT2D eigenvalue weighted by Crippen LogP contribution is 2.39. The molecule has 0 bridgehead atoms. The van der Waals surface area contributed by atoms with Crippen LogP contribution in [0.3, 0.4) is 0 Å².